The molecule has 0 unspecified atom stereocenters. The lowest BCUT2D eigenvalue weighted by atomic mass is 10.3. The first-order valence-corrected chi connectivity index (χ1v) is 5.47. The van der Waals surface area contributed by atoms with Crippen LogP contribution in [0, 0.1) is 0 Å². The van der Waals surface area contributed by atoms with Gasteiger partial charge in [-0.15, -0.1) is 5.10 Å². The van der Waals surface area contributed by atoms with E-state index in [0.29, 0.717) is 10.9 Å². The van der Waals surface area contributed by atoms with E-state index in [0.717, 1.165) is 5.69 Å². The van der Waals surface area contributed by atoms with E-state index in [2.05, 4.69) is 5.10 Å². The van der Waals surface area contributed by atoms with Gasteiger partial charge in [-0.05, 0) is 31.2 Å². The zero-order valence-electron chi connectivity index (χ0n) is 9.26. The summed E-state index contributed by atoms with van der Waals surface area (Å²) in [5.74, 6) is 0.390. The van der Waals surface area contributed by atoms with Crippen molar-refractivity contribution in [2.24, 2.45) is 0 Å². The lowest BCUT2D eigenvalue weighted by molar-refractivity contribution is -0.119. The van der Waals surface area contributed by atoms with Crippen molar-refractivity contribution in [3.05, 3.63) is 41.6 Å². The van der Waals surface area contributed by atoms with E-state index in [-0.39, 0.29) is 12.4 Å². The molecule has 0 N–H and O–H groups in total. The monoisotopic (exact) mass is 250 g/mol. The van der Waals surface area contributed by atoms with Crippen molar-refractivity contribution in [3.63, 3.8) is 0 Å². The number of nitrogens with zero attached hydrogens (tertiary/aromatic N) is 2. The van der Waals surface area contributed by atoms with Gasteiger partial charge in [-0.25, -0.2) is 4.68 Å². The standard InChI is InChI=1S/C12H11ClN2O2/c1-9(16)8-17-12-6-7-15(14-12)11-4-2-10(13)3-5-11/h2-7H,8H2,1H3. The van der Waals surface area contributed by atoms with E-state index >= 15 is 0 Å². The Morgan fingerprint density at radius 3 is 2.71 bits per heavy atom. The molecule has 0 aliphatic heterocycles. The first-order chi connectivity index (χ1) is 8.15. The minimum absolute atomic E-state index is 0.0361. The molecule has 0 fully saturated rings. The average Bonchev–Trinajstić information content (AvgIpc) is 2.76. The Morgan fingerprint density at radius 2 is 2.06 bits per heavy atom. The number of ketones is 1. The van der Waals surface area contributed by atoms with Crippen molar-refractivity contribution < 1.29 is 9.53 Å². The fourth-order valence-electron chi connectivity index (χ4n) is 1.30. The SMILES string of the molecule is CC(=O)COc1ccn(-c2ccc(Cl)cc2)n1. The Morgan fingerprint density at radius 1 is 1.35 bits per heavy atom. The highest BCUT2D eigenvalue weighted by molar-refractivity contribution is 6.30. The van der Waals surface area contributed by atoms with E-state index in [1.54, 1.807) is 29.1 Å². The molecule has 0 atom stereocenters. The van der Waals surface area contributed by atoms with Crippen molar-refractivity contribution in [2.75, 3.05) is 6.61 Å². The number of benzene rings is 1. The highest BCUT2D eigenvalue weighted by atomic mass is 35.5. The molecule has 0 saturated heterocycles. The number of rotatable bonds is 4. The number of ether oxygens (including phenoxy) is 1. The van der Waals surface area contributed by atoms with Crippen LogP contribution in [0.4, 0.5) is 0 Å². The molecule has 0 amide bonds. The first kappa shape index (κ1) is 11.7. The van der Waals surface area contributed by atoms with Crippen LogP contribution in [-0.2, 0) is 4.79 Å². The second-order valence-corrected chi connectivity index (χ2v) is 4.00. The van der Waals surface area contributed by atoms with Gasteiger partial charge in [0, 0.05) is 17.3 Å². The first-order valence-electron chi connectivity index (χ1n) is 5.09. The summed E-state index contributed by atoms with van der Waals surface area (Å²) in [6.45, 7) is 1.51. The molecule has 4 nitrogen and oxygen atoms in total. The number of carbonyl (C=O) groups is 1. The maximum Gasteiger partial charge on any atom is 0.233 e. The predicted molar refractivity (Wildman–Crippen MR) is 64.8 cm³/mol. The molecule has 0 aliphatic rings. The molecule has 2 aromatic rings. The molecule has 88 valence electrons. The van der Waals surface area contributed by atoms with Gasteiger partial charge in [0.05, 0.1) is 5.69 Å². The molecule has 2 rings (SSSR count). The lowest BCUT2D eigenvalue weighted by Gasteiger charge is -2.01. The number of carbonyl (C=O) groups excluding carboxylic acids is 1. The number of hydrogen-bond donors (Lipinski definition) is 0. The number of hydrogen-bond acceptors (Lipinski definition) is 3. The van der Waals surface area contributed by atoms with Gasteiger partial charge in [-0.1, -0.05) is 11.6 Å². The molecule has 5 heteroatoms. The largest absolute Gasteiger partial charge is 0.469 e. The third kappa shape index (κ3) is 3.07. The molecule has 0 radical (unpaired) electrons. The van der Waals surface area contributed by atoms with E-state index in [1.165, 1.54) is 6.92 Å². The molecule has 0 bridgehead atoms. The quantitative estimate of drug-likeness (QED) is 0.837. The topological polar surface area (TPSA) is 44.1 Å². The van der Waals surface area contributed by atoms with E-state index in [9.17, 15) is 4.79 Å². The van der Waals surface area contributed by atoms with Gasteiger partial charge in [0.1, 0.15) is 6.61 Å². The zero-order chi connectivity index (χ0) is 12.3. The molecule has 0 spiro atoms. The van der Waals surface area contributed by atoms with Crippen molar-refractivity contribution in [2.45, 2.75) is 6.92 Å². The molecular weight excluding hydrogens is 240 g/mol. The summed E-state index contributed by atoms with van der Waals surface area (Å²) in [7, 11) is 0. The minimum atomic E-state index is -0.0361. The Hall–Kier alpha value is -1.81. The van der Waals surface area contributed by atoms with Crippen LogP contribution in [0.1, 0.15) is 6.92 Å². The fourth-order valence-corrected chi connectivity index (χ4v) is 1.42. The number of Topliss-reactive ketones (excluding diaryl/α,β-unsaturated/α-hetero) is 1. The molecule has 1 aromatic carbocycles. The Balaban J connectivity index is 2.12. The van der Waals surface area contributed by atoms with Crippen molar-refractivity contribution in [1.82, 2.24) is 9.78 Å². The third-order valence-electron chi connectivity index (χ3n) is 2.08. The molecule has 1 heterocycles. The van der Waals surface area contributed by atoms with Crippen molar-refractivity contribution in [1.29, 1.82) is 0 Å². The van der Waals surface area contributed by atoms with Gasteiger partial charge in [0.2, 0.25) is 5.88 Å². The summed E-state index contributed by atoms with van der Waals surface area (Å²) in [5.41, 5.74) is 0.882. The summed E-state index contributed by atoms with van der Waals surface area (Å²) >= 11 is 5.80. The van der Waals surface area contributed by atoms with Crippen molar-refractivity contribution >= 4 is 17.4 Å². The lowest BCUT2D eigenvalue weighted by Crippen LogP contribution is -2.07. The Bertz CT molecular complexity index is 520. The van der Waals surface area contributed by atoms with Gasteiger partial charge in [0.25, 0.3) is 0 Å². The van der Waals surface area contributed by atoms with Gasteiger partial charge in [-0.3, -0.25) is 4.79 Å². The highest BCUT2D eigenvalue weighted by Crippen LogP contribution is 2.15. The maximum absolute atomic E-state index is 10.8. The summed E-state index contributed by atoms with van der Waals surface area (Å²) in [6.07, 6.45) is 1.76. The summed E-state index contributed by atoms with van der Waals surface area (Å²) < 4.78 is 6.84. The normalized spacial score (nSPS) is 10.2. The van der Waals surface area contributed by atoms with Gasteiger partial charge < -0.3 is 4.74 Å². The van der Waals surface area contributed by atoms with Gasteiger partial charge in [0.15, 0.2) is 5.78 Å². The van der Waals surface area contributed by atoms with Crippen LogP contribution in [0.2, 0.25) is 5.02 Å². The molecule has 1 aromatic heterocycles. The second-order valence-electron chi connectivity index (χ2n) is 3.57. The Kier molecular flexibility index (Phi) is 3.44. The summed E-state index contributed by atoms with van der Waals surface area (Å²) in [5, 5.41) is 4.86. The maximum atomic E-state index is 10.8. The number of aromatic nitrogens is 2. The minimum Gasteiger partial charge on any atom is -0.469 e. The van der Waals surface area contributed by atoms with Crippen LogP contribution >= 0.6 is 11.6 Å². The second kappa shape index (κ2) is 5.01. The Labute approximate surface area is 104 Å². The van der Waals surface area contributed by atoms with Crippen LogP contribution in [0.15, 0.2) is 36.5 Å². The predicted octanol–water partition coefficient (Wildman–Crippen LogP) is 2.49. The zero-order valence-corrected chi connectivity index (χ0v) is 10.0. The van der Waals surface area contributed by atoms with Crippen LogP contribution < -0.4 is 4.74 Å². The van der Waals surface area contributed by atoms with Crippen LogP contribution in [-0.4, -0.2) is 22.2 Å². The van der Waals surface area contributed by atoms with Crippen LogP contribution in [0.25, 0.3) is 5.69 Å². The van der Waals surface area contributed by atoms with Gasteiger partial charge >= 0.3 is 0 Å². The summed E-state index contributed by atoms with van der Waals surface area (Å²) in [4.78, 5) is 10.8. The molecule has 17 heavy (non-hydrogen) atoms. The molecular formula is C12H11ClN2O2. The van der Waals surface area contributed by atoms with Gasteiger partial charge in [-0.2, -0.15) is 0 Å². The third-order valence-corrected chi connectivity index (χ3v) is 2.33. The summed E-state index contributed by atoms with van der Waals surface area (Å²) in [6, 6.07) is 8.98. The van der Waals surface area contributed by atoms with Crippen LogP contribution in [0.3, 0.4) is 0 Å². The van der Waals surface area contributed by atoms with E-state index in [4.69, 9.17) is 16.3 Å². The molecule has 0 saturated carbocycles. The van der Waals surface area contributed by atoms with Crippen molar-refractivity contribution in [3.8, 4) is 11.6 Å². The smallest absolute Gasteiger partial charge is 0.233 e. The van der Waals surface area contributed by atoms with Crippen LogP contribution in [0.5, 0.6) is 5.88 Å². The molecule has 0 aliphatic carbocycles. The van der Waals surface area contributed by atoms with E-state index in [1.807, 2.05) is 12.1 Å². The average molecular weight is 251 g/mol. The fraction of sp³-hybridized carbons (Fsp3) is 0.167. The highest BCUT2D eigenvalue weighted by Gasteiger charge is 2.03. The van der Waals surface area contributed by atoms with E-state index < -0.39 is 0 Å². The number of halogens is 1.